The summed E-state index contributed by atoms with van der Waals surface area (Å²) >= 11 is 5.64. The van der Waals surface area contributed by atoms with E-state index in [2.05, 4.69) is 6.92 Å². The molecular weight excluding hydrogens is 170 g/mol. The van der Waals surface area contributed by atoms with Crippen molar-refractivity contribution in [3.63, 3.8) is 0 Å². The van der Waals surface area contributed by atoms with E-state index in [0.29, 0.717) is 11.8 Å². The summed E-state index contributed by atoms with van der Waals surface area (Å²) in [7, 11) is 0. The van der Waals surface area contributed by atoms with Crippen LogP contribution in [0, 0.1) is 11.3 Å². The molecule has 1 fully saturated rings. The number of halogens is 3. The number of hydrogen-bond donors (Lipinski definition) is 0. The van der Waals surface area contributed by atoms with Crippen LogP contribution in [0.3, 0.4) is 0 Å². The first kappa shape index (κ1) is 9.24. The second kappa shape index (κ2) is 3.26. The molecule has 0 radical (unpaired) electrons. The lowest BCUT2D eigenvalue weighted by atomic mass is 9.62. The van der Waals surface area contributed by atoms with Gasteiger partial charge in [0.25, 0.3) is 0 Å². The van der Waals surface area contributed by atoms with Gasteiger partial charge in [-0.1, -0.05) is 6.92 Å². The first-order valence-corrected chi connectivity index (χ1v) is 4.45. The van der Waals surface area contributed by atoms with Gasteiger partial charge in [-0.25, -0.2) is 8.78 Å². The summed E-state index contributed by atoms with van der Waals surface area (Å²) < 4.78 is 24.0. The molecule has 0 amide bonds. The fourth-order valence-corrected chi connectivity index (χ4v) is 2.40. The molecule has 0 aromatic rings. The summed E-state index contributed by atoms with van der Waals surface area (Å²) in [6.07, 6.45) is -0.455. The van der Waals surface area contributed by atoms with Crippen LogP contribution in [0.25, 0.3) is 0 Å². The Morgan fingerprint density at radius 3 is 2.36 bits per heavy atom. The largest absolute Gasteiger partial charge is 0.239 e. The predicted molar refractivity (Wildman–Crippen MR) is 42.2 cm³/mol. The molecule has 11 heavy (non-hydrogen) atoms. The van der Waals surface area contributed by atoms with Crippen LogP contribution in [0.2, 0.25) is 0 Å². The van der Waals surface area contributed by atoms with Crippen molar-refractivity contribution in [3.8, 4) is 0 Å². The lowest BCUT2D eigenvalue weighted by molar-refractivity contribution is 0.00759. The molecule has 0 nitrogen and oxygen atoms in total. The summed E-state index contributed by atoms with van der Waals surface area (Å²) in [5, 5.41) is 0. The Morgan fingerprint density at radius 2 is 2.09 bits per heavy atom. The van der Waals surface area contributed by atoms with Crippen LogP contribution in [-0.2, 0) is 0 Å². The average Bonchev–Trinajstić information content (AvgIpc) is 1.82. The fourth-order valence-electron chi connectivity index (χ4n) is 2.08. The minimum absolute atomic E-state index is 0.0131. The van der Waals surface area contributed by atoms with Gasteiger partial charge in [0.15, 0.2) is 0 Å². The minimum atomic E-state index is -2.19. The van der Waals surface area contributed by atoms with E-state index >= 15 is 0 Å². The SMILES string of the molecule is CC1CC(CCl)(CC(F)F)C1. The molecule has 1 saturated carbocycles. The van der Waals surface area contributed by atoms with Crippen molar-refractivity contribution in [1.82, 2.24) is 0 Å². The zero-order valence-corrected chi connectivity index (χ0v) is 7.37. The molecule has 1 rings (SSSR count). The third-order valence-electron chi connectivity index (χ3n) is 2.43. The second-order valence-corrected chi connectivity index (χ2v) is 4.01. The molecular formula is C8H13ClF2. The molecule has 0 saturated heterocycles. The van der Waals surface area contributed by atoms with Crippen LogP contribution in [0.15, 0.2) is 0 Å². The summed E-state index contributed by atoms with van der Waals surface area (Å²) in [6.45, 7) is 2.08. The van der Waals surface area contributed by atoms with E-state index in [0.717, 1.165) is 12.8 Å². The van der Waals surface area contributed by atoms with Gasteiger partial charge in [0.1, 0.15) is 0 Å². The lowest BCUT2D eigenvalue weighted by Gasteiger charge is -2.45. The fraction of sp³-hybridized carbons (Fsp3) is 1.00. The molecule has 1 aliphatic carbocycles. The van der Waals surface area contributed by atoms with Gasteiger partial charge in [-0.15, -0.1) is 11.6 Å². The number of alkyl halides is 3. The minimum Gasteiger partial charge on any atom is -0.211 e. The van der Waals surface area contributed by atoms with Crippen LogP contribution in [0.1, 0.15) is 26.2 Å². The van der Waals surface area contributed by atoms with Crippen molar-refractivity contribution in [2.45, 2.75) is 32.6 Å². The smallest absolute Gasteiger partial charge is 0.211 e. The zero-order chi connectivity index (χ0) is 8.48. The number of hydrogen-bond acceptors (Lipinski definition) is 0. The van der Waals surface area contributed by atoms with Crippen LogP contribution < -0.4 is 0 Å². The molecule has 0 bridgehead atoms. The van der Waals surface area contributed by atoms with E-state index in [4.69, 9.17) is 11.6 Å². The third-order valence-corrected chi connectivity index (χ3v) is 3.00. The van der Waals surface area contributed by atoms with E-state index in [1.807, 2.05) is 0 Å². The molecule has 3 heteroatoms. The highest BCUT2D eigenvalue weighted by molar-refractivity contribution is 6.18. The summed E-state index contributed by atoms with van der Waals surface area (Å²) in [5.74, 6) is 0.981. The zero-order valence-electron chi connectivity index (χ0n) is 6.62. The molecule has 66 valence electrons. The van der Waals surface area contributed by atoms with Gasteiger partial charge in [0.05, 0.1) is 0 Å². The highest BCUT2D eigenvalue weighted by Crippen LogP contribution is 2.49. The molecule has 0 atom stereocenters. The van der Waals surface area contributed by atoms with Gasteiger partial charge < -0.3 is 0 Å². The average molecular weight is 183 g/mol. The van der Waals surface area contributed by atoms with Crippen LogP contribution in [-0.4, -0.2) is 12.3 Å². The molecule has 0 aromatic heterocycles. The van der Waals surface area contributed by atoms with E-state index in [1.165, 1.54) is 0 Å². The molecule has 1 aliphatic rings. The molecule has 0 heterocycles. The van der Waals surface area contributed by atoms with Crippen LogP contribution >= 0.6 is 11.6 Å². The first-order chi connectivity index (χ1) is 5.08. The van der Waals surface area contributed by atoms with Crippen LogP contribution in [0.5, 0.6) is 0 Å². The van der Waals surface area contributed by atoms with Gasteiger partial charge in [-0.3, -0.25) is 0 Å². The second-order valence-electron chi connectivity index (χ2n) is 3.74. The van der Waals surface area contributed by atoms with Crippen molar-refractivity contribution < 1.29 is 8.78 Å². The Bertz CT molecular complexity index is 130. The van der Waals surface area contributed by atoms with E-state index in [-0.39, 0.29) is 11.8 Å². The van der Waals surface area contributed by atoms with Crippen molar-refractivity contribution in [3.05, 3.63) is 0 Å². The standard InChI is InChI=1S/C8H13ClF2/c1-6-2-8(3-6,5-9)4-7(10)11/h6-7H,2-5H2,1H3. The monoisotopic (exact) mass is 182 g/mol. The normalized spacial score (nSPS) is 37.4. The van der Waals surface area contributed by atoms with Crippen molar-refractivity contribution in [2.24, 2.45) is 11.3 Å². The van der Waals surface area contributed by atoms with Crippen LogP contribution in [0.4, 0.5) is 8.78 Å². The lowest BCUT2D eigenvalue weighted by Crippen LogP contribution is -2.39. The highest BCUT2D eigenvalue weighted by Gasteiger charge is 2.42. The molecule has 0 aromatic carbocycles. The van der Waals surface area contributed by atoms with E-state index in [1.54, 1.807) is 0 Å². The molecule has 0 aliphatic heterocycles. The maximum Gasteiger partial charge on any atom is 0.239 e. The molecule has 0 spiro atoms. The maximum atomic E-state index is 12.0. The third kappa shape index (κ3) is 2.05. The van der Waals surface area contributed by atoms with E-state index in [9.17, 15) is 8.78 Å². The Balaban J connectivity index is 2.38. The van der Waals surface area contributed by atoms with Crippen molar-refractivity contribution in [2.75, 3.05) is 5.88 Å². The van der Waals surface area contributed by atoms with Crippen molar-refractivity contribution >= 4 is 11.6 Å². The Labute approximate surface area is 70.9 Å². The Hall–Kier alpha value is 0.150. The molecule has 0 unspecified atom stereocenters. The quantitative estimate of drug-likeness (QED) is 0.588. The van der Waals surface area contributed by atoms with Gasteiger partial charge in [-0.2, -0.15) is 0 Å². The van der Waals surface area contributed by atoms with Gasteiger partial charge in [0, 0.05) is 12.3 Å². The topological polar surface area (TPSA) is 0 Å². The summed E-state index contributed by atoms with van der Waals surface area (Å²) in [4.78, 5) is 0. The predicted octanol–water partition coefficient (Wildman–Crippen LogP) is 3.30. The first-order valence-electron chi connectivity index (χ1n) is 3.92. The van der Waals surface area contributed by atoms with Gasteiger partial charge >= 0.3 is 0 Å². The summed E-state index contributed by atoms with van der Waals surface area (Å²) in [5.41, 5.74) is -0.227. The number of rotatable bonds is 3. The van der Waals surface area contributed by atoms with Gasteiger partial charge in [-0.05, 0) is 24.2 Å². The van der Waals surface area contributed by atoms with Crippen molar-refractivity contribution in [1.29, 1.82) is 0 Å². The highest BCUT2D eigenvalue weighted by atomic mass is 35.5. The van der Waals surface area contributed by atoms with Gasteiger partial charge in [0.2, 0.25) is 6.43 Å². The Kier molecular flexibility index (Phi) is 2.74. The Morgan fingerprint density at radius 1 is 1.55 bits per heavy atom. The van der Waals surface area contributed by atoms with E-state index < -0.39 is 6.43 Å². The summed E-state index contributed by atoms with van der Waals surface area (Å²) in [6, 6.07) is 0. The molecule has 0 N–H and O–H groups in total. The maximum absolute atomic E-state index is 12.0.